The van der Waals surface area contributed by atoms with E-state index in [2.05, 4.69) is 30.7 Å². The van der Waals surface area contributed by atoms with Crippen LogP contribution in [0.2, 0.25) is 0 Å². The van der Waals surface area contributed by atoms with Crippen molar-refractivity contribution in [3.8, 4) is 6.01 Å². The van der Waals surface area contributed by atoms with Crippen LogP contribution in [-0.2, 0) is 6.54 Å². The van der Waals surface area contributed by atoms with E-state index >= 15 is 0 Å². The maximum atomic E-state index is 4.99. The first-order chi connectivity index (χ1) is 8.75. The van der Waals surface area contributed by atoms with Crippen LogP contribution in [0.3, 0.4) is 0 Å². The lowest BCUT2D eigenvalue weighted by Crippen LogP contribution is -2.06. The maximum Gasteiger partial charge on any atom is 0.322 e. The number of hydrogen-bond donors (Lipinski definition) is 2. The monoisotopic (exact) mass is 249 g/mol. The molecule has 0 saturated heterocycles. The van der Waals surface area contributed by atoms with Crippen LogP contribution in [0.1, 0.15) is 6.92 Å². The Labute approximate surface area is 104 Å². The van der Waals surface area contributed by atoms with Crippen LogP contribution in [-0.4, -0.2) is 38.9 Å². The summed E-state index contributed by atoms with van der Waals surface area (Å²) in [6, 6.07) is 2.09. The SMILES string of the molecule is CCn1ccc(Nc2nc(NC)nc(OC)n2)n1. The number of rotatable bonds is 5. The Balaban J connectivity index is 2.22. The fourth-order valence-electron chi connectivity index (χ4n) is 1.33. The maximum absolute atomic E-state index is 4.99. The molecule has 0 aliphatic carbocycles. The number of aromatic nitrogens is 5. The zero-order valence-electron chi connectivity index (χ0n) is 10.5. The van der Waals surface area contributed by atoms with Crippen molar-refractivity contribution in [2.75, 3.05) is 24.8 Å². The zero-order valence-corrected chi connectivity index (χ0v) is 10.5. The Morgan fingerprint density at radius 3 is 2.67 bits per heavy atom. The second-order valence-corrected chi connectivity index (χ2v) is 3.40. The smallest absolute Gasteiger partial charge is 0.322 e. The van der Waals surface area contributed by atoms with Crippen LogP contribution in [0.15, 0.2) is 12.3 Å². The second-order valence-electron chi connectivity index (χ2n) is 3.40. The minimum Gasteiger partial charge on any atom is -0.467 e. The first kappa shape index (κ1) is 12.1. The zero-order chi connectivity index (χ0) is 13.0. The highest BCUT2D eigenvalue weighted by molar-refractivity contribution is 5.48. The van der Waals surface area contributed by atoms with Gasteiger partial charge in [-0.25, -0.2) is 0 Å². The normalized spacial score (nSPS) is 10.2. The van der Waals surface area contributed by atoms with E-state index in [9.17, 15) is 0 Å². The third kappa shape index (κ3) is 2.65. The minimum absolute atomic E-state index is 0.242. The Morgan fingerprint density at radius 1 is 1.28 bits per heavy atom. The summed E-state index contributed by atoms with van der Waals surface area (Å²) in [5.74, 6) is 1.49. The molecule has 96 valence electrons. The molecule has 8 nitrogen and oxygen atoms in total. The number of methoxy groups -OCH3 is 1. The van der Waals surface area contributed by atoms with Gasteiger partial charge in [0.15, 0.2) is 5.82 Å². The fourth-order valence-corrected chi connectivity index (χ4v) is 1.33. The fraction of sp³-hybridized carbons (Fsp3) is 0.400. The van der Waals surface area contributed by atoms with Gasteiger partial charge in [-0.15, -0.1) is 0 Å². The van der Waals surface area contributed by atoms with Gasteiger partial charge < -0.3 is 15.4 Å². The summed E-state index contributed by atoms with van der Waals surface area (Å²) >= 11 is 0. The first-order valence-corrected chi connectivity index (χ1v) is 5.53. The third-order valence-corrected chi connectivity index (χ3v) is 2.23. The number of aryl methyl sites for hydroxylation is 1. The predicted molar refractivity (Wildman–Crippen MR) is 67.1 cm³/mol. The average molecular weight is 249 g/mol. The summed E-state index contributed by atoms with van der Waals surface area (Å²) in [5.41, 5.74) is 0. The molecular weight excluding hydrogens is 234 g/mol. The van der Waals surface area contributed by atoms with Crippen molar-refractivity contribution in [1.29, 1.82) is 0 Å². The highest BCUT2D eigenvalue weighted by Crippen LogP contribution is 2.14. The van der Waals surface area contributed by atoms with Crippen molar-refractivity contribution >= 4 is 17.7 Å². The molecule has 0 unspecified atom stereocenters. The standard InChI is InChI=1S/C10H15N7O/c1-4-17-6-5-7(16-17)12-9-13-8(11-2)14-10(15-9)18-3/h5-6H,4H2,1-3H3,(H2,11,12,13,14,15,16). The Hall–Kier alpha value is -2.38. The molecule has 2 heterocycles. The van der Waals surface area contributed by atoms with Crippen molar-refractivity contribution in [1.82, 2.24) is 24.7 Å². The molecule has 8 heteroatoms. The van der Waals surface area contributed by atoms with Gasteiger partial charge >= 0.3 is 6.01 Å². The summed E-state index contributed by atoms with van der Waals surface area (Å²) in [6.07, 6.45) is 1.87. The summed E-state index contributed by atoms with van der Waals surface area (Å²) in [6.45, 7) is 2.83. The molecule has 0 amide bonds. The molecule has 2 aromatic heterocycles. The average Bonchev–Trinajstić information content (AvgIpc) is 2.85. The van der Waals surface area contributed by atoms with E-state index in [0.717, 1.165) is 6.54 Å². The molecular formula is C10H15N7O. The van der Waals surface area contributed by atoms with E-state index in [-0.39, 0.29) is 6.01 Å². The van der Waals surface area contributed by atoms with Gasteiger partial charge in [-0.3, -0.25) is 4.68 Å². The molecule has 18 heavy (non-hydrogen) atoms. The summed E-state index contributed by atoms with van der Waals surface area (Å²) in [4.78, 5) is 12.3. The Morgan fingerprint density at radius 2 is 2.06 bits per heavy atom. The molecule has 0 bridgehead atoms. The van der Waals surface area contributed by atoms with Crippen LogP contribution in [0.25, 0.3) is 0 Å². The molecule has 0 radical (unpaired) electrons. The highest BCUT2D eigenvalue weighted by Gasteiger charge is 2.07. The lowest BCUT2D eigenvalue weighted by Gasteiger charge is -2.05. The molecule has 0 aliphatic heterocycles. The molecule has 2 aromatic rings. The van der Waals surface area contributed by atoms with Crippen LogP contribution < -0.4 is 15.4 Å². The molecule has 0 fully saturated rings. The Kier molecular flexibility index (Phi) is 3.56. The summed E-state index contributed by atoms with van der Waals surface area (Å²) in [5, 5.41) is 10.1. The van der Waals surface area contributed by atoms with Gasteiger partial charge in [-0.2, -0.15) is 20.1 Å². The van der Waals surface area contributed by atoms with Gasteiger partial charge in [-0.1, -0.05) is 0 Å². The first-order valence-electron chi connectivity index (χ1n) is 5.53. The molecule has 0 spiro atoms. The highest BCUT2D eigenvalue weighted by atomic mass is 16.5. The van der Waals surface area contributed by atoms with Crippen LogP contribution in [0.5, 0.6) is 6.01 Å². The van der Waals surface area contributed by atoms with Gasteiger partial charge in [0.25, 0.3) is 0 Å². The predicted octanol–water partition coefficient (Wildman–Crippen LogP) is 0.882. The molecule has 2 N–H and O–H groups in total. The third-order valence-electron chi connectivity index (χ3n) is 2.23. The van der Waals surface area contributed by atoms with Gasteiger partial charge in [0, 0.05) is 25.9 Å². The van der Waals surface area contributed by atoms with Crippen molar-refractivity contribution in [2.45, 2.75) is 13.5 Å². The van der Waals surface area contributed by atoms with Gasteiger partial charge in [-0.05, 0) is 6.92 Å². The van der Waals surface area contributed by atoms with E-state index in [1.807, 2.05) is 19.2 Å². The van der Waals surface area contributed by atoms with E-state index in [1.165, 1.54) is 7.11 Å². The molecule has 0 atom stereocenters. The quantitative estimate of drug-likeness (QED) is 0.813. The number of ether oxygens (including phenoxy) is 1. The van der Waals surface area contributed by atoms with E-state index in [4.69, 9.17) is 4.74 Å². The van der Waals surface area contributed by atoms with Gasteiger partial charge in [0.05, 0.1) is 7.11 Å². The molecule has 0 aromatic carbocycles. The van der Waals surface area contributed by atoms with Crippen LogP contribution >= 0.6 is 0 Å². The van der Waals surface area contributed by atoms with Crippen molar-refractivity contribution in [3.05, 3.63) is 12.3 Å². The van der Waals surface area contributed by atoms with E-state index in [0.29, 0.717) is 17.7 Å². The topological polar surface area (TPSA) is 89.8 Å². The van der Waals surface area contributed by atoms with Crippen molar-refractivity contribution in [3.63, 3.8) is 0 Å². The minimum atomic E-state index is 0.242. The van der Waals surface area contributed by atoms with E-state index < -0.39 is 0 Å². The van der Waals surface area contributed by atoms with Crippen molar-refractivity contribution in [2.24, 2.45) is 0 Å². The largest absolute Gasteiger partial charge is 0.467 e. The number of anilines is 3. The number of nitrogens with one attached hydrogen (secondary N) is 2. The van der Waals surface area contributed by atoms with E-state index in [1.54, 1.807) is 11.7 Å². The molecule has 0 saturated carbocycles. The summed E-state index contributed by atoms with van der Waals surface area (Å²) < 4.78 is 6.80. The summed E-state index contributed by atoms with van der Waals surface area (Å²) in [7, 11) is 3.23. The second kappa shape index (κ2) is 5.30. The van der Waals surface area contributed by atoms with Crippen LogP contribution in [0.4, 0.5) is 17.7 Å². The number of nitrogens with zero attached hydrogens (tertiary/aromatic N) is 5. The lowest BCUT2D eigenvalue weighted by molar-refractivity contribution is 0.379. The van der Waals surface area contributed by atoms with Gasteiger partial charge in [0.1, 0.15) is 0 Å². The Bertz CT molecular complexity index is 502. The van der Waals surface area contributed by atoms with Gasteiger partial charge in [0.2, 0.25) is 11.9 Å². The lowest BCUT2D eigenvalue weighted by atomic mass is 10.6. The van der Waals surface area contributed by atoms with Crippen molar-refractivity contribution < 1.29 is 4.74 Å². The van der Waals surface area contributed by atoms with Crippen LogP contribution in [0, 0.1) is 0 Å². The molecule has 0 aliphatic rings. The number of hydrogen-bond acceptors (Lipinski definition) is 7. The molecule has 2 rings (SSSR count).